The molecule has 4 heterocycles. The van der Waals surface area contributed by atoms with Crippen molar-refractivity contribution in [1.29, 1.82) is 0 Å². The second kappa shape index (κ2) is 5.91. The summed E-state index contributed by atoms with van der Waals surface area (Å²) in [4.78, 5) is 8.27. The summed E-state index contributed by atoms with van der Waals surface area (Å²) in [6, 6.07) is 7.47. The lowest BCUT2D eigenvalue weighted by molar-refractivity contribution is -0.0626. The Labute approximate surface area is 155 Å². The molecule has 0 unspecified atom stereocenters. The van der Waals surface area contributed by atoms with Gasteiger partial charge in [0, 0.05) is 24.2 Å². The fraction of sp³-hybridized carbons (Fsp3) is 0.368. The van der Waals surface area contributed by atoms with Gasteiger partial charge in [0.2, 0.25) is 6.79 Å². The topological polar surface area (TPSA) is 98.9 Å². The van der Waals surface area contributed by atoms with Gasteiger partial charge in [0.05, 0.1) is 6.10 Å². The van der Waals surface area contributed by atoms with E-state index in [-0.39, 0.29) is 6.79 Å². The van der Waals surface area contributed by atoms with Gasteiger partial charge in [-0.3, -0.25) is 0 Å². The number of hydrogen-bond donors (Lipinski definition) is 2. The van der Waals surface area contributed by atoms with Gasteiger partial charge in [0.25, 0.3) is 0 Å². The number of aliphatic hydroxyl groups excluding tert-OH is 1. The number of benzene rings is 1. The minimum absolute atomic E-state index is 0.208. The SMILES string of the molecule is C[C@@]1(O)[C@@H](Cc2ccc3c(c2)OCO3)O[C@@H](n2ccc3cncnc32)[C@@H]1O. The molecule has 0 radical (unpaired) electrons. The van der Waals surface area contributed by atoms with E-state index >= 15 is 0 Å². The van der Waals surface area contributed by atoms with Crippen LogP contribution in [0.3, 0.4) is 0 Å². The molecule has 8 nitrogen and oxygen atoms in total. The highest BCUT2D eigenvalue weighted by molar-refractivity contribution is 5.74. The van der Waals surface area contributed by atoms with E-state index in [0.29, 0.717) is 23.6 Å². The van der Waals surface area contributed by atoms with Crippen LogP contribution in [0.1, 0.15) is 18.7 Å². The third kappa shape index (κ3) is 2.56. The van der Waals surface area contributed by atoms with Crippen molar-refractivity contribution < 1.29 is 24.4 Å². The first-order valence-electron chi connectivity index (χ1n) is 8.75. The Balaban J connectivity index is 1.44. The molecule has 1 fully saturated rings. The third-order valence-electron chi connectivity index (χ3n) is 5.33. The Bertz CT molecular complexity index is 1000. The van der Waals surface area contributed by atoms with Crippen LogP contribution in [0.2, 0.25) is 0 Å². The summed E-state index contributed by atoms with van der Waals surface area (Å²) < 4.78 is 18.6. The van der Waals surface area contributed by atoms with Crippen molar-refractivity contribution in [3.8, 4) is 11.5 Å². The lowest BCUT2D eigenvalue weighted by atomic mass is 9.90. The number of ether oxygens (including phenoxy) is 3. The smallest absolute Gasteiger partial charge is 0.231 e. The molecule has 0 amide bonds. The van der Waals surface area contributed by atoms with Crippen molar-refractivity contribution in [2.75, 3.05) is 6.79 Å². The summed E-state index contributed by atoms with van der Waals surface area (Å²) >= 11 is 0. The number of nitrogens with zero attached hydrogens (tertiary/aromatic N) is 3. The van der Waals surface area contributed by atoms with E-state index in [9.17, 15) is 10.2 Å². The first-order valence-corrected chi connectivity index (χ1v) is 8.75. The van der Waals surface area contributed by atoms with Crippen LogP contribution in [0, 0.1) is 0 Å². The molecular weight excluding hydrogens is 350 g/mol. The maximum absolute atomic E-state index is 10.9. The van der Waals surface area contributed by atoms with Crippen molar-refractivity contribution in [2.24, 2.45) is 0 Å². The standard InChI is InChI=1S/C19H19N3O5/c1-19(24)15(7-11-2-3-13-14(6-11)26-10-25-13)27-18(16(19)23)22-5-4-12-8-20-9-21-17(12)22/h2-6,8-9,15-16,18,23-24H,7,10H2,1H3/t15-,16+,18-,19-/m1/s1. The number of hydrogen-bond acceptors (Lipinski definition) is 7. The van der Waals surface area contributed by atoms with Crippen LogP contribution in [0.25, 0.3) is 11.0 Å². The number of aliphatic hydroxyl groups is 2. The van der Waals surface area contributed by atoms with Crippen LogP contribution in [0.5, 0.6) is 11.5 Å². The second-order valence-corrected chi connectivity index (χ2v) is 7.10. The highest BCUT2D eigenvalue weighted by Crippen LogP contribution is 2.41. The molecule has 0 aliphatic carbocycles. The average Bonchev–Trinajstić information content (AvgIpc) is 3.35. The Morgan fingerprint density at radius 2 is 2.11 bits per heavy atom. The molecule has 2 N–H and O–H groups in total. The van der Waals surface area contributed by atoms with Crippen molar-refractivity contribution in [1.82, 2.24) is 14.5 Å². The maximum Gasteiger partial charge on any atom is 0.231 e. The second-order valence-electron chi connectivity index (χ2n) is 7.10. The largest absolute Gasteiger partial charge is 0.454 e. The van der Waals surface area contributed by atoms with Crippen molar-refractivity contribution >= 4 is 11.0 Å². The molecule has 5 rings (SSSR count). The molecule has 0 saturated carbocycles. The van der Waals surface area contributed by atoms with Gasteiger partial charge in [0.1, 0.15) is 23.7 Å². The molecule has 8 heteroatoms. The molecule has 27 heavy (non-hydrogen) atoms. The fourth-order valence-corrected chi connectivity index (χ4v) is 3.72. The van der Waals surface area contributed by atoms with E-state index in [0.717, 1.165) is 10.9 Å². The van der Waals surface area contributed by atoms with Crippen LogP contribution < -0.4 is 9.47 Å². The first kappa shape index (κ1) is 16.5. The number of aromatic nitrogens is 3. The maximum atomic E-state index is 10.9. The van der Waals surface area contributed by atoms with Crippen LogP contribution in [-0.4, -0.2) is 49.4 Å². The number of fused-ring (bicyclic) bond motifs is 2. The lowest BCUT2D eigenvalue weighted by Crippen LogP contribution is -2.45. The molecule has 4 atom stereocenters. The molecule has 1 aromatic carbocycles. The Morgan fingerprint density at radius 1 is 1.26 bits per heavy atom. The predicted octanol–water partition coefficient (Wildman–Crippen LogP) is 1.41. The van der Waals surface area contributed by atoms with Crippen molar-refractivity contribution in [2.45, 2.75) is 37.4 Å². The third-order valence-corrected chi connectivity index (χ3v) is 5.33. The normalized spacial score (nSPS) is 29.5. The summed E-state index contributed by atoms with van der Waals surface area (Å²) in [6.45, 7) is 1.80. The van der Waals surface area contributed by atoms with E-state index in [2.05, 4.69) is 9.97 Å². The van der Waals surface area contributed by atoms with E-state index in [1.54, 1.807) is 23.9 Å². The molecule has 2 aromatic heterocycles. The highest BCUT2D eigenvalue weighted by atomic mass is 16.7. The van der Waals surface area contributed by atoms with Gasteiger partial charge in [-0.1, -0.05) is 6.07 Å². The Morgan fingerprint density at radius 3 is 3.00 bits per heavy atom. The summed E-state index contributed by atoms with van der Waals surface area (Å²) in [5.74, 6) is 1.38. The fourth-order valence-electron chi connectivity index (χ4n) is 3.72. The number of rotatable bonds is 3. The Hall–Kier alpha value is -2.68. The molecule has 140 valence electrons. The van der Waals surface area contributed by atoms with Crippen LogP contribution >= 0.6 is 0 Å². The van der Waals surface area contributed by atoms with Gasteiger partial charge in [0.15, 0.2) is 17.7 Å². The zero-order valence-electron chi connectivity index (χ0n) is 14.6. The average molecular weight is 369 g/mol. The van der Waals surface area contributed by atoms with E-state index in [1.807, 2.05) is 24.3 Å². The molecule has 2 aliphatic heterocycles. The highest BCUT2D eigenvalue weighted by Gasteiger charge is 2.52. The summed E-state index contributed by atoms with van der Waals surface area (Å²) in [6.07, 6.45) is 2.90. The van der Waals surface area contributed by atoms with Gasteiger partial charge in [-0.05, 0) is 30.7 Å². The minimum atomic E-state index is -1.43. The summed E-state index contributed by atoms with van der Waals surface area (Å²) in [7, 11) is 0. The minimum Gasteiger partial charge on any atom is -0.454 e. The van der Waals surface area contributed by atoms with Gasteiger partial charge >= 0.3 is 0 Å². The van der Waals surface area contributed by atoms with Crippen molar-refractivity contribution in [3.63, 3.8) is 0 Å². The zero-order valence-corrected chi connectivity index (χ0v) is 14.6. The molecule has 0 spiro atoms. The van der Waals surface area contributed by atoms with Crippen molar-refractivity contribution in [3.05, 3.63) is 48.5 Å². The van der Waals surface area contributed by atoms with Gasteiger partial charge in [-0.25, -0.2) is 9.97 Å². The quantitative estimate of drug-likeness (QED) is 0.720. The van der Waals surface area contributed by atoms with Gasteiger partial charge < -0.3 is 29.0 Å². The summed E-state index contributed by atoms with van der Waals surface area (Å²) in [5, 5.41) is 22.5. The van der Waals surface area contributed by atoms with Crippen LogP contribution in [-0.2, 0) is 11.2 Å². The lowest BCUT2D eigenvalue weighted by Gasteiger charge is -2.26. The van der Waals surface area contributed by atoms with Crippen LogP contribution in [0.4, 0.5) is 0 Å². The van der Waals surface area contributed by atoms with Gasteiger partial charge in [-0.2, -0.15) is 0 Å². The van der Waals surface area contributed by atoms with E-state index < -0.39 is 24.0 Å². The van der Waals surface area contributed by atoms with E-state index in [4.69, 9.17) is 14.2 Å². The van der Waals surface area contributed by atoms with Gasteiger partial charge in [-0.15, -0.1) is 0 Å². The van der Waals surface area contributed by atoms with E-state index in [1.165, 1.54) is 6.33 Å². The molecule has 1 saturated heterocycles. The predicted molar refractivity (Wildman–Crippen MR) is 94.3 cm³/mol. The molecule has 0 bridgehead atoms. The summed E-state index contributed by atoms with van der Waals surface area (Å²) in [5.41, 5.74) is 0.149. The first-order chi connectivity index (χ1) is 13.0. The molecule has 3 aromatic rings. The zero-order chi connectivity index (χ0) is 18.6. The Kier molecular flexibility index (Phi) is 3.61. The monoisotopic (exact) mass is 369 g/mol. The van der Waals surface area contributed by atoms with Crippen LogP contribution in [0.15, 0.2) is 43.0 Å². The molecule has 2 aliphatic rings. The molecular formula is C19H19N3O5.